The lowest BCUT2D eigenvalue weighted by atomic mass is 9.14. The Morgan fingerprint density at radius 2 is 1.04 bits per heavy atom. The normalized spacial score (nSPS) is 11.6. The summed E-state index contributed by atoms with van der Waals surface area (Å²) in [4.78, 5) is 0. The average molecular weight is 431 g/mol. The molecule has 146 valence electrons. The van der Waals surface area contributed by atoms with Crippen molar-refractivity contribution in [2.75, 3.05) is 0 Å². The Hall–Kier alpha value is -1.41. The fourth-order valence-corrected chi connectivity index (χ4v) is 4.99. The Morgan fingerprint density at radius 1 is 0.607 bits per heavy atom. The van der Waals surface area contributed by atoms with Crippen LogP contribution in [0.25, 0.3) is 0 Å². The van der Waals surface area contributed by atoms with Crippen molar-refractivity contribution in [3.05, 3.63) is 87.9 Å². The molecule has 0 amide bonds. The highest BCUT2D eigenvalue weighted by atomic mass is 35.5. The standard InChI is InChI=1S/C24H25BCl3/c1-2-3-4-5-15-25(19-9-6-12-22(26)16-19,20-10-7-13-23(27)17-20)21-11-8-14-24(28)18-21/h6-14,16-18H,2-5,15H2,1H3/q-1. The third-order valence-electron chi connectivity index (χ3n) is 5.74. The van der Waals surface area contributed by atoms with Crippen LogP contribution in [-0.4, -0.2) is 6.15 Å². The van der Waals surface area contributed by atoms with Crippen molar-refractivity contribution in [3.63, 3.8) is 0 Å². The number of unbranched alkanes of at least 4 members (excludes halogenated alkanes) is 3. The first-order valence-corrected chi connectivity index (χ1v) is 11.1. The van der Waals surface area contributed by atoms with Gasteiger partial charge >= 0.3 is 0 Å². The van der Waals surface area contributed by atoms with Gasteiger partial charge in [-0.05, 0) is 18.2 Å². The zero-order valence-electron chi connectivity index (χ0n) is 16.2. The molecule has 3 aromatic rings. The van der Waals surface area contributed by atoms with E-state index in [1.54, 1.807) is 0 Å². The lowest BCUT2D eigenvalue weighted by molar-refractivity contribution is 0.698. The predicted octanol–water partition coefficient (Wildman–Crippen LogP) is 6.70. The van der Waals surface area contributed by atoms with E-state index in [4.69, 9.17) is 34.8 Å². The lowest BCUT2D eigenvalue weighted by Crippen LogP contribution is -2.67. The molecule has 0 saturated carbocycles. The summed E-state index contributed by atoms with van der Waals surface area (Å²) >= 11 is 19.3. The van der Waals surface area contributed by atoms with Gasteiger partial charge < -0.3 is 0 Å². The Labute approximate surface area is 183 Å². The molecule has 0 radical (unpaired) electrons. The van der Waals surface area contributed by atoms with Gasteiger partial charge in [-0.25, -0.2) is 0 Å². The first kappa shape index (κ1) is 21.3. The van der Waals surface area contributed by atoms with E-state index in [1.165, 1.54) is 35.7 Å². The molecule has 0 atom stereocenters. The Morgan fingerprint density at radius 3 is 1.39 bits per heavy atom. The van der Waals surface area contributed by atoms with Crippen LogP contribution in [0.2, 0.25) is 21.4 Å². The number of rotatable bonds is 8. The Kier molecular flexibility index (Phi) is 7.52. The average Bonchev–Trinajstić information content (AvgIpc) is 2.68. The topological polar surface area (TPSA) is 0 Å². The molecule has 0 saturated heterocycles. The molecule has 0 fully saturated rings. The maximum atomic E-state index is 6.43. The highest BCUT2D eigenvalue weighted by molar-refractivity contribution is 7.11. The van der Waals surface area contributed by atoms with Crippen LogP contribution in [-0.2, 0) is 0 Å². The van der Waals surface area contributed by atoms with E-state index >= 15 is 0 Å². The monoisotopic (exact) mass is 429 g/mol. The van der Waals surface area contributed by atoms with Crippen LogP contribution in [0, 0.1) is 0 Å². The number of halogens is 3. The van der Waals surface area contributed by atoms with Gasteiger partial charge in [0.25, 0.3) is 0 Å². The first-order valence-electron chi connectivity index (χ1n) is 10.0. The molecule has 0 nitrogen and oxygen atoms in total. The van der Waals surface area contributed by atoms with Gasteiger partial charge in [0.2, 0.25) is 0 Å². The molecule has 0 bridgehead atoms. The molecule has 0 unspecified atom stereocenters. The van der Waals surface area contributed by atoms with Gasteiger partial charge in [-0.3, -0.25) is 0 Å². The van der Waals surface area contributed by atoms with Crippen LogP contribution >= 0.6 is 34.8 Å². The fourth-order valence-electron chi connectivity index (χ4n) is 4.39. The van der Waals surface area contributed by atoms with Gasteiger partial charge in [0.1, 0.15) is 0 Å². The molecule has 0 aliphatic rings. The van der Waals surface area contributed by atoms with E-state index < -0.39 is 6.15 Å². The smallest absolute Gasteiger partial charge is 0.0816 e. The second-order valence-corrected chi connectivity index (χ2v) is 8.87. The van der Waals surface area contributed by atoms with E-state index in [1.807, 2.05) is 36.4 Å². The summed E-state index contributed by atoms with van der Waals surface area (Å²) in [6.45, 7) is 2.24. The summed E-state index contributed by atoms with van der Waals surface area (Å²) in [5.74, 6) is 0. The van der Waals surface area contributed by atoms with Gasteiger partial charge in [-0.1, -0.05) is 122 Å². The summed E-state index contributed by atoms with van der Waals surface area (Å²) in [5.41, 5.74) is 3.69. The van der Waals surface area contributed by atoms with Crippen molar-refractivity contribution < 1.29 is 0 Å². The molecule has 0 aliphatic carbocycles. The second-order valence-electron chi connectivity index (χ2n) is 7.56. The van der Waals surface area contributed by atoms with Crippen LogP contribution < -0.4 is 16.4 Å². The Bertz CT molecular complexity index is 812. The van der Waals surface area contributed by atoms with Gasteiger partial charge in [0.05, 0.1) is 6.15 Å². The van der Waals surface area contributed by atoms with Crippen LogP contribution in [0.1, 0.15) is 32.6 Å². The van der Waals surface area contributed by atoms with E-state index in [2.05, 4.69) is 43.3 Å². The first-order chi connectivity index (χ1) is 13.6. The lowest BCUT2D eigenvalue weighted by Gasteiger charge is -2.43. The molecule has 3 aromatic carbocycles. The predicted molar refractivity (Wildman–Crippen MR) is 128 cm³/mol. The van der Waals surface area contributed by atoms with Gasteiger partial charge in [-0.2, -0.15) is 22.7 Å². The van der Waals surface area contributed by atoms with Crippen molar-refractivity contribution in [2.45, 2.75) is 38.9 Å². The molecular formula is C24H25BCl3-. The van der Waals surface area contributed by atoms with E-state index in [0.29, 0.717) is 0 Å². The minimum Gasteiger partial charge on any atom is -0.198 e. The highest BCUT2D eigenvalue weighted by Gasteiger charge is 2.30. The maximum Gasteiger partial charge on any atom is 0.0816 e. The van der Waals surface area contributed by atoms with E-state index in [0.717, 1.165) is 27.8 Å². The van der Waals surface area contributed by atoms with Crippen molar-refractivity contribution in [1.82, 2.24) is 0 Å². The molecule has 0 spiro atoms. The van der Waals surface area contributed by atoms with Crippen LogP contribution in [0.15, 0.2) is 72.8 Å². The molecular weight excluding hydrogens is 405 g/mol. The third-order valence-corrected chi connectivity index (χ3v) is 6.45. The molecule has 0 N–H and O–H groups in total. The zero-order valence-corrected chi connectivity index (χ0v) is 18.4. The molecule has 28 heavy (non-hydrogen) atoms. The van der Waals surface area contributed by atoms with Crippen LogP contribution in [0.4, 0.5) is 0 Å². The SMILES string of the molecule is CCCCCC[B-](c1cccc(Cl)c1)(c1cccc(Cl)c1)c1cccc(Cl)c1. The highest BCUT2D eigenvalue weighted by Crippen LogP contribution is 2.21. The second kappa shape index (κ2) is 9.88. The van der Waals surface area contributed by atoms with Gasteiger partial charge in [0.15, 0.2) is 0 Å². The number of hydrogen-bond donors (Lipinski definition) is 0. The van der Waals surface area contributed by atoms with Crippen molar-refractivity contribution >= 4 is 57.3 Å². The third kappa shape index (κ3) is 4.77. The summed E-state index contributed by atoms with van der Waals surface area (Å²) in [6, 6.07) is 24.8. The molecule has 0 aromatic heterocycles. The van der Waals surface area contributed by atoms with Crippen LogP contribution in [0.3, 0.4) is 0 Å². The van der Waals surface area contributed by atoms with Crippen molar-refractivity contribution in [3.8, 4) is 0 Å². The van der Waals surface area contributed by atoms with Gasteiger partial charge in [0, 0.05) is 15.1 Å². The number of hydrogen-bond acceptors (Lipinski definition) is 0. The summed E-state index contributed by atoms with van der Waals surface area (Å²) < 4.78 is 0. The minimum absolute atomic E-state index is 0.751. The fraction of sp³-hybridized carbons (Fsp3) is 0.250. The number of benzene rings is 3. The zero-order chi connectivity index (χ0) is 20.0. The minimum atomic E-state index is -1.24. The quantitative estimate of drug-likeness (QED) is 0.276. The van der Waals surface area contributed by atoms with E-state index in [9.17, 15) is 0 Å². The van der Waals surface area contributed by atoms with Crippen LogP contribution in [0.5, 0.6) is 0 Å². The van der Waals surface area contributed by atoms with E-state index in [-0.39, 0.29) is 0 Å². The largest absolute Gasteiger partial charge is 0.198 e. The Balaban J connectivity index is 2.24. The summed E-state index contributed by atoms with van der Waals surface area (Å²) in [7, 11) is 0. The van der Waals surface area contributed by atoms with Gasteiger partial charge in [-0.15, -0.1) is 0 Å². The van der Waals surface area contributed by atoms with Crippen molar-refractivity contribution in [2.24, 2.45) is 0 Å². The molecule has 0 aliphatic heterocycles. The molecule has 0 heterocycles. The molecule has 4 heteroatoms. The van der Waals surface area contributed by atoms with Crippen molar-refractivity contribution in [1.29, 1.82) is 0 Å². The maximum absolute atomic E-state index is 6.43. The molecule has 3 rings (SSSR count). The summed E-state index contributed by atoms with van der Waals surface area (Å²) in [6.07, 6.45) is 4.60. The summed E-state index contributed by atoms with van der Waals surface area (Å²) in [5, 5.41) is 2.25.